The van der Waals surface area contributed by atoms with Crippen LogP contribution in [0, 0.1) is 0 Å². The van der Waals surface area contributed by atoms with Crippen molar-refractivity contribution in [3.8, 4) is 0 Å². The third-order valence-electron chi connectivity index (χ3n) is 1.73. The Bertz CT molecular complexity index is 263. The number of hydrogen-bond donors (Lipinski definition) is 1. The quantitative estimate of drug-likeness (QED) is 0.650. The van der Waals surface area contributed by atoms with Crippen LogP contribution in [-0.4, -0.2) is 9.97 Å². The standard InChI is InChI=1S/C7H8ClN3/c8-6-3-5(4-1-2-4)10-7(9)11-6/h3-4H,1-2H2,(H2,9,10,11). The third-order valence-corrected chi connectivity index (χ3v) is 1.92. The molecule has 1 aliphatic rings. The first-order valence-electron chi connectivity index (χ1n) is 3.55. The molecule has 0 radical (unpaired) electrons. The molecule has 0 saturated heterocycles. The molecule has 0 amide bonds. The van der Waals surface area contributed by atoms with Crippen molar-refractivity contribution in [2.75, 3.05) is 5.73 Å². The molecule has 2 rings (SSSR count). The highest BCUT2D eigenvalue weighted by Crippen LogP contribution is 2.39. The van der Waals surface area contributed by atoms with Gasteiger partial charge in [0.1, 0.15) is 5.15 Å². The molecule has 1 fully saturated rings. The summed E-state index contributed by atoms with van der Waals surface area (Å²) >= 11 is 5.69. The lowest BCUT2D eigenvalue weighted by Gasteiger charge is -1.98. The van der Waals surface area contributed by atoms with Gasteiger partial charge in [-0.25, -0.2) is 9.97 Å². The lowest BCUT2D eigenvalue weighted by Crippen LogP contribution is -1.97. The normalized spacial score (nSPS) is 16.8. The van der Waals surface area contributed by atoms with Gasteiger partial charge in [-0.15, -0.1) is 0 Å². The van der Waals surface area contributed by atoms with E-state index in [-0.39, 0.29) is 5.95 Å². The summed E-state index contributed by atoms with van der Waals surface area (Å²) in [6.45, 7) is 0. The maximum absolute atomic E-state index is 5.69. The van der Waals surface area contributed by atoms with Crippen LogP contribution in [0.4, 0.5) is 5.95 Å². The van der Waals surface area contributed by atoms with Gasteiger partial charge in [-0.1, -0.05) is 11.6 Å². The molecule has 0 aliphatic heterocycles. The van der Waals surface area contributed by atoms with Crippen LogP contribution in [0.5, 0.6) is 0 Å². The van der Waals surface area contributed by atoms with Crippen LogP contribution >= 0.6 is 11.6 Å². The second-order valence-electron chi connectivity index (χ2n) is 2.75. The Balaban J connectivity index is 2.39. The number of nitrogen functional groups attached to an aromatic ring is 1. The molecule has 0 spiro atoms. The molecule has 0 aromatic carbocycles. The minimum absolute atomic E-state index is 0.277. The first-order valence-corrected chi connectivity index (χ1v) is 3.93. The Kier molecular flexibility index (Phi) is 1.46. The largest absolute Gasteiger partial charge is 0.368 e. The number of hydrogen-bond acceptors (Lipinski definition) is 3. The fraction of sp³-hybridized carbons (Fsp3) is 0.429. The van der Waals surface area contributed by atoms with E-state index in [1.165, 1.54) is 12.8 Å². The number of aromatic nitrogens is 2. The van der Waals surface area contributed by atoms with Crippen molar-refractivity contribution in [2.24, 2.45) is 0 Å². The maximum Gasteiger partial charge on any atom is 0.221 e. The monoisotopic (exact) mass is 169 g/mol. The summed E-state index contributed by atoms with van der Waals surface area (Å²) in [4.78, 5) is 7.85. The van der Waals surface area contributed by atoms with Gasteiger partial charge in [0.2, 0.25) is 5.95 Å². The first-order chi connectivity index (χ1) is 5.25. The third kappa shape index (κ3) is 1.43. The van der Waals surface area contributed by atoms with Crippen molar-refractivity contribution in [3.63, 3.8) is 0 Å². The molecule has 0 atom stereocenters. The van der Waals surface area contributed by atoms with Crippen molar-refractivity contribution < 1.29 is 0 Å². The topological polar surface area (TPSA) is 51.8 Å². The average Bonchev–Trinajstić information content (AvgIpc) is 2.64. The molecule has 11 heavy (non-hydrogen) atoms. The van der Waals surface area contributed by atoms with Crippen molar-refractivity contribution in [3.05, 3.63) is 16.9 Å². The lowest BCUT2D eigenvalue weighted by atomic mass is 10.3. The zero-order valence-electron chi connectivity index (χ0n) is 5.92. The molecule has 1 aromatic rings. The minimum atomic E-state index is 0.277. The summed E-state index contributed by atoms with van der Waals surface area (Å²) < 4.78 is 0. The van der Waals surface area contributed by atoms with Gasteiger partial charge >= 0.3 is 0 Å². The van der Waals surface area contributed by atoms with E-state index in [4.69, 9.17) is 17.3 Å². The van der Waals surface area contributed by atoms with E-state index in [9.17, 15) is 0 Å². The number of nitrogens with two attached hydrogens (primary N) is 1. The molecule has 0 unspecified atom stereocenters. The van der Waals surface area contributed by atoms with Crippen molar-refractivity contribution in [2.45, 2.75) is 18.8 Å². The van der Waals surface area contributed by atoms with Crippen LogP contribution in [0.25, 0.3) is 0 Å². The minimum Gasteiger partial charge on any atom is -0.368 e. The smallest absolute Gasteiger partial charge is 0.221 e. The summed E-state index contributed by atoms with van der Waals surface area (Å²) in [5.41, 5.74) is 6.41. The average molecular weight is 170 g/mol. The Morgan fingerprint density at radius 3 is 2.73 bits per heavy atom. The molecule has 2 N–H and O–H groups in total. The second-order valence-corrected chi connectivity index (χ2v) is 3.14. The zero-order valence-corrected chi connectivity index (χ0v) is 6.67. The van der Waals surface area contributed by atoms with Gasteiger partial charge in [0.15, 0.2) is 0 Å². The number of anilines is 1. The maximum atomic E-state index is 5.69. The van der Waals surface area contributed by atoms with Gasteiger partial charge in [-0.2, -0.15) is 0 Å². The van der Waals surface area contributed by atoms with Crippen molar-refractivity contribution in [1.29, 1.82) is 0 Å². The zero-order chi connectivity index (χ0) is 7.84. The van der Waals surface area contributed by atoms with Gasteiger partial charge in [-0.05, 0) is 18.9 Å². The Morgan fingerprint density at radius 1 is 1.45 bits per heavy atom. The highest BCUT2D eigenvalue weighted by Gasteiger charge is 2.25. The van der Waals surface area contributed by atoms with Crippen LogP contribution in [0.1, 0.15) is 24.5 Å². The fourth-order valence-electron chi connectivity index (χ4n) is 1.04. The van der Waals surface area contributed by atoms with Gasteiger partial charge in [-0.3, -0.25) is 0 Å². The van der Waals surface area contributed by atoms with E-state index >= 15 is 0 Å². The second kappa shape index (κ2) is 2.34. The van der Waals surface area contributed by atoms with E-state index in [0.717, 1.165) is 5.69 Å². The molecular weight excluding hydrogens is 162 g/mol. The molecular formula is C7H8ClN3. The fourth-order valence-corrected chi connectivity index (χ4v) is 1.24. The van der Waals surface area contributed by atoms with E-state index in [1.54, 1.807) is 6.07 Å². The highest BCUT2D eigenvalue weighted by atomic mass is 35.5. The van der Waals surface area contributed by atoms with Crippen LogP contribution < -0.4 is 5.73 Å². The summed E-state index contributed by atoms with van der Waals surface area (Å²) in [6.07, 6.45) is 2.40. The van der Waals surface area contributed by atoms with Gasteiger partial charge < -0.3 is 5.73 Å². The van der Waals surface area contributed by atoms with Gasteiger partial charge in [0.05, 0.1) is 5.69 Å². The van der Waals surface area contributed by atoms with Gasteiger partial charge in [0, 0.05) is 5.92 Å². The number of rotatable bonds is 1. The predicted octanol–water partition coefficient (Wildman–Crippen LogP) is 1.59. The molecule has 1 aliphatic carbocycles. The van der Waals surface area contributed by atoms with E-state index in [1.807, 2.05) is 0 Å². The Hall–Kier alpha value is -0.830. The summed E-state index contributed by atoms with van der Waals surface area (Å²) in [5.74, 6) is 0.859. The van der Waals surface area contributed by atoms with Crippen molar-refractivity contribution >= 4 is 17.5 Å². The molecule has 3 nitrogen and oxygen atoms in total. The van der Waals surface area contributed by atoms with E-state index in [2.05, 4.69) is 9.97 Å². The number of halogens is 1. The summed E-state index contributed by atoms with van der Waals surface area (Å²) in [7, 11) is 0. The molecule has 4 heteroatoms. The Labute approximate surface area is 69.6 Å². The molecule has 0 bridgehead atoms. The SMILES string of the molecule is Nc1nc(Cl)cc(C2CC2)n1. The van der Waals surface area contributed by atoms with Crippen LogP contribution in [-0.2, 0) is 0 Å². The first kappa shape index (κ1) is 6.85. The van der Waals surface area contributed by atoms with Crippen LogP contribution in [0.2, 0.25) is 5.15 Å². The van der Waals surface area contributed by atoms with Crippen LogP contribution in [0.15, 0.2) is 6.07 Å². The van der Waals surface area contributed by atoms with E-state index < -0.39 is 0 Å². The predicted molar refractivity (Wildman–Crippen MR) is 43.4 cm³/mol. The van der Waals surface area contributed by atoms with E-state index in [0.29, 0.717) is 11.1 Å². The molecule has 1 heterocycles. The highest BCUT2D eigenvalue weighted by molar-refractivity contribution is 6.29. The van der Waals surface area contributed by atoms with Crippen molar-refractivity contribution in [1.82, 2.24) is 9.97 Å². The number of nitrogens with zero attached hydrogens (tertiary/aromatic N) is 2. The van der Waals surface area contributed by atoms with Gasteiger partial charge in [0.25, 0.3) is 0 Å². The Morgan fingerprint density at radius 2 is 2.18 bits per heavy atom. The molecule has 58 valence electrons. The molecule has 1 aromatic heterocycles. The van der Waals surface area contributed by atoms with Crippen LogP contribution in [0.3, 0.4) is 0 Å². The summed E-state index contributed by atoms with van der Waals surface area (Å²) in [5, 5.41) is 0.444. The lowest BCUT2D eigenvalue weighted by molar-refractivity contribution is 0.998. The molecule has 1 saturated carbocycles. The summed E-state index contributed by atoms with van der Waals surface area (Å²) in [6, 6.07) is 1.79.